The van der Waals surface area contributed by atoms with Gasteiger partial charge in [0, 0.05) is 17.8 Å². The van der Waals surface area contributed by atoms with Crippen LogP contribution in [0.1, 0.15) is 54.0 Å². The first-order valence-electron chi connectivity index (χ1n) is 12.3. The van der Waals surface area contributed by atoms with Crippen LogP contribution in [0, 0.1) is 12.8 Å². The molecule has 4 nitrogen and oxygen atoms in total. The number of benzene rings is 3. The number of hydrogen-bond acceptors (Lipinski definition) is 4. The first-order valence-corrected chi connectivity index (χ1v) is 13.0. The third-order valence-corrected chi connectivity index (χ3v) is 7.42. The Morgan fingerprint density at radius 1 is 1.11 bits per heavy atom. The number of fused-ring (bicyclic) bond motifs is 3. The highest BCUT2D eigenvalue weighted by atomic mass is 79.9. The van der Waals surface area contributed by atoms with Crippen LogP contribution in [0.15, 0.2) is 76.2 Å². The van der Waals surface area contributed by atoms with Crippen molar-refractivity contribution >= 4 is 33.5 Å². The molecule has 35 heavy (non-hydrogen) atoms. The van der Waals surface area contributed by atoms with Gasteiger partial charge in [-0.2, -0.15) is 0 Å². The summed E-state index contributed by atoms with van der Waals surface area (Å²) in [5.41, 5.74) is 7.16. The number of anilines is 1. The molecule has 0 unspecified atom stereocenters. The zero-order chi connectivity index (χ0) is 24.4. The van der Waals surface area contributed by atoms with Crippen molar-refractivity contribution in [3.63, 3.8) is 0 Å². The van der Waals surface area contributed by atoms with Crippen molar-refractivity contribution in [3.8, 4) is 11.5 Å². The minimum atomic E-state index is 0.291. The molecule has 3 aromatic carbocycles. The lowest BCUT2D eigenvalue weighted by molar-refractivity contribution is 0.292. The van der Waals surface area contributed by atoms with Crippen molar-refractivity contribution in [1.29, 1.82) is 0 Å². The van der Waals surface area contributed by atoms with Gasteiger partial charge in [-0.1, -0.05) is 48.9 Å². The van der Waals surface area contributed by atoms with E-state index in [1.165, 1.54) is 22.4 Å². The highest BCUT2D eigenvalue weighted by molar-refractivity contribution is 9.10. The normalized spacial score (nSPS) is 20.4. The summed E-state index contributed by atoms with van der Waals surface area (Å²) in [6.45, 7) is 4.90. The second kappa shape index (κ2) is 10.3. The van der Waals surface area contributed by atoms with Gasteiger partial charge in [-0.25, -0.2) is 0 Å². The third kappa shape index (κ3) is 4.87. The quantitative estimate of drug-likeness (QED) is 0.247. The SMILES string of the molecule is CCCOc1c(Br)cc(C=Nc2ccc([C@@H]3Nc4ccc(C)cc4[C@@H]4C=CC[C@H]43)cc2)cc1OC. The van der Waals surface area contributed by atoms with Crippen LogP contribution in [-0.4, -0.2) is 19.9 Å². The van der Waals surface area contributed by atoms with Gasteiger partial charge >= 0.3 is 0 Å². The molecule has 0 saturated heterocycles. The Morgan fingerprint density at radius 2 is 1.94 bits per heavy atom. The molecule has 5 rings (SSSR count). The van der Waals surface area contributed by atoms with Gasteiger partial charge in [0.2, 0.25) is 0 Å². The van der Waals surface area contributed by atoms with E-state index in [1.807, 2.05) is 18.3 Å². The van der Waals surface area contributed by atoms with Crippen molar-refractivity contribution in [2.45, 2.75) is 38.6 Å². The Kier molecular flexibility index (Phi) is 6.96. The third-order valence-electron chi connectivity index (χ3n) is 6.84. The number of aryl methyl sites for hydroxylation is 1. The van der Waals surface area contributed by atoms with Crippen molar-refractivity contribution in [1.82, 2.24) is 0 Å². The molecule has 3 aromatic rings. The zero-order valence-corrected chi connectivity index (χ0v) is 22.0. The van der Waals surface area contributed by atoms with E-state index < -0.39 is 0 Å². The maximum Gasteiger partial charge on any atom is 0.175 e. The van der Waals surface area contributed by atoms with E-state index in [2.05, 4.69) is 89.7 Å². The molecule has 0 aromatic heterocycles. The fourth-order valence-electron chi connectivity index (χ4n) is 5.12. The van der Waals surface area contributed by atoms with E-state index in [0.717, 1.165) is 34.3 Å². The summed E-state index contributed by atoms with van der Waals surface area (Å²) in [6, 6.07) is 19.6. The van der Waals surface area contributed by atoms with Crippen LogP contribution < -0.4 is 14.8 Å². The standard InChI is InChI=1S/C30H31BrN2O2/c1-4-14-35-30-26(31)16-20(17-28(30)34-3)18-32-22-11-9-21(10-12-22)29-24-7-5-6-23(24)25-15-19(2)8-13-27(25)33-29/h5-6,8-13,15-18,23-24,29,33H,4,7,14H2,1-3H3/t23-,24-,29+/m1/s1. The van der Waals surface area contributed by atoms with Gasteiger partial charge < -0.3 is 14.8 Å². The molecule has 0 fully saturated rings. The van der Waals surface area contributed by atoms with Crippen molar-refractivity contribution in [3.05, 3.63) is 93.5 Å². The van der Waals surface area contributed by atoms with Gasteiger partial charge in [-0.15, -0.1) is 0 Å². The van der Waals surface area contributed by atoms with Gasteiger partial charge in [0.25, 0.3) is 0 Å². The predicted molar refractivity (Wildman–Crippen MR) is 148 cm³/mol. The van der Waals surface area contributed by atoms with Crippen molar-refractivity contribution in [2.75, 3.05) is 19.0 Å². The van der Waals surface area contributed by atoms with E-state index in [9.17, 15) is 0 Å². The average molecular weight is 531 g/mol. The van der Waals surface area contributed by atoms with Gasteiger partial charge in [-0.3, -0.25) is 4.99 Å². The summed E-state index contributed by atoms with van der Waals surface area (Å²) in [7, 11) is 1.66. The van der Waals surface area contributed by atoms with Gasteiger partial charge in [-0.05, 0) is 88.6 Å². The number of halogens is 1. The number of methoxy groups -OCH3 is 1. The van der Waals surface area contributed by atoms with Crippen molar-refractivity contribution < 1.29 is 9.47 Å². The minimum Gasteiger partial charge on any atom is -0.493 e. The highest BCUT2D eigenvalue weighted by Gasteiger charge is 2.37. The van der Waals surface area contributed by atoms with Gasteiger partial charge in [0.1, 0.15) is 0 Å². The maximum absolute atomic E-state index is 5.83. The molecular formula is C30H31BrN2O2. The Balaban J connectivity index is 1.34. The molecule has 0 bridgehead atoms. The minimum absolute atomic E-state index is 0.291. The molecule has 5 heteroatoms. The highest BCUT2D eigenvalue weighted by Crippen LogP contribution is 2.50. The molecule has 0 saturated carbocycles. The summed E-state index contributed by atoms with van der Waals surface area (Å²) < 4.78 is 12.2. The van der Waals surface area contributed by atoms with Gasteiger partial charge in [0.15, 0.2) is 11.5 Å². The Labute approximate surface area is 216 Å². The van der Waals surface area contributed by atoms with E-state index in [1.54, 1.807) is 7.11 Å². The molecule has 1 N–H and O–H groups in total. The molecule has 0 spiro atoms. The van der Waals surface area contributed by atoms with Crippen LogP contribution >= 0.6 is 15.9 Å². The largest absolute Gasteiger partial charge is 0.493 e. The lowest BCUT2D eigenvalue weighted by Crippen LogP contribution is -2.29. The molecule has 1 aliphatic heterocycles. The Bertz CT molecular complexity index is 1270. The maximum atomic E-state index is 5.83. The lowest BCUT2D eigenvalue weighted by Gasteiger charge is -2.37. The fraction of sp³-hybridized carbons (Fsp3) is 0.300. The number of nitrogens with one attached hydrogen (secondary N) is 1. The second-order valence-electron chi connectivity index (χ2n) is 9.30. The lowest BCUT2D eigenvalue weighted by atomic mass is 9.76. The summed E-state index contributed by atoms with van der Waals surface area (Å²) in [5, 5.41) is 3.82. The summed E-state index contributed by atoms with van der Waals surface area (Å²) in [5.74, 6) is 2.44. The van der Waals surface area contributed by atoms with E-state index >= 15 is 0 Å². The van der Waals surface area contributed by atoms with Crippen LogP contribution in [-0.2, 0) is 0 Å². The number of allylic oxidation sites excluding steroid dienone is 2. The van der Waals surface area contributed by atoms with E-state index in [0.29, 0.717) is 30.2 Å². The first-order chi connectivity index (χ1) is 17.1. The Hall–Kier alpha value is -3.05. The molecular weight excluding hydrogens is 500 g/mol. The van der Waals surface area contributed by atoms with Gasteiger partial charge in [0.05, 0.1) is 29.9 Å². The second-order valence-corrected chi connectivity index (χ2v) is 10.2. The number of aliphatic imine (C=N–C) groups is 1. The van der Waals surface area contributed by atoms with Crippen LogP contribution in [0.2, 0.25) is 0 Å². The molecule has 0 amide bonds. The molecule has 3 atom stereocenters. The van der Waals surface area contributed by atoms with Crippen LogP contribution in [0.4, 0.5) is 11.4 Å². The predicted octanol–water partition coefficient (Wildman–Crippen LogP) is 8.13. The summed E-state index contributed by atoms with van der Waals surface area (Å²) >= 11 is 3.61. The van der Waals surface area contributed by atoms with Crippen LogP contribution in [0.3, 0.4) is 0 Å². The number of hydrogen-bond donors (Lipinski definition) is 1. The molecule has 0 radical (unpaired) electrons. The number of nitrogens with zero attached hydrogens (tertiary/aromatic N) is 1. The Morgan fingerprint density at radius 3 is 2.71 bits per heavy atom. The number of rotatable bonds is 7. The number of ether oxygens (including phenoxy) is 2. The summed E-state index contributed by atoms with van der Waals surface area (Å²) in [4.78, 5) is 4.71. The molecule has 2 aliphatic rings. The monoisotopic (exact) mass is 530 g/mol. The average Bonchev–Trinajstić information content (AvgIpc) is 3.37. The van der Waals surface area contributed by atoms with Crippen LogP contribution in [0.25, 0.3) is 0 Å². The van der Waals surface area contributed by atoms with E-state index in [-0.39, 0.29) is 0 Å². The van der Waals surface area contributed by atoms with Crippen molar-refractivity contribution in [2.24, 2.45) is 10.9 Å². The molecule has 180 valence electrons. The molecule has 1 aliphatic carbocycles. The smallest absolute Gasteiger partial charge is 0.175 e. The fourth-order valence-corrected chi connectivity index (χ4v) is 5.69. The molecule has 1 heterocycles. The zero-order valence-electron chi connectivity index (χ0n) is 20.4. The van der Waals surface area contributed by atoms with Crippen LogP contribution in [0.5, 0.6) is 11.5 Å². The van der Waals surface area contributed by atoms with E-state index in [4.69, 9.17) is 14.5 Å². The summed E-state index contributed by atoms with van der Waals surface area (Å²) in [6.07, 6.45) is 8.63. The first kappa shape index (κ1) is 23.7. The topological polar surface area (TPSA) is 42.8 Å².